The van der Waals surface area contributed by atoms with Crippen molar-refractivity contribution in [3.63, 3.8) is 0 Å². The third-order valence-electron chi connectivity index (χ3n) is 11.5. The van der Waals surface area contributed by atoms with Crippen LogP contribution in [0.4, 0.5) is 9.59 Å². The number of benzene rings is 2. The van der Waals surface area contributed by atoms with Crippen molar-refractivity contribution in [1.82, 2.24) is 29.7 Å². The first kappa shape index (κ1) is 51.0. The fourth-order valence-electron chi connectivity index (χ4n) is 7.70. The lowest BCUT2D eigenvalue weighted by atomic mass is 9.77. The molecule has 0 bridgehead atoms. The minimum atomic E-state index is -0.534. The number of nitrogens with zero attached hydrogens (tertiary/aromatic N) is 6. The molecule has 4 aromatic heterocycles. The molecule has 3 aliphatic heterocycles. The predicted molar refractivity (Wildman–Crippen MR) is 273 cm³/mol. The van der Waals surface area contributed by atoms with E-state index in [4.69, 9.17) is 28.3 Å². The summed E-state index contributed by atoms with van der Waals surface area (Å²) in [6, 6.07) is 12.3. The van der Waals surface area contributed by atoms with E-state index in [2.05, 4.69) is 54.1 Å². The number of aromatic nitrogens is 4. The number of rotatable bonds is 2. The monoisotopic (exact) mass is 1030 g/mol. The number of fused-ring (bicyclic) bond motifs is 4. The zero-order valence-electron chi connectivity index (χ0n) is 41.6. The Morgan fingerprint density at radius 3 is 1.65 bits per heavy atom. The average Bonchev–Trinajstić information content (AvgIpc) is 3.69. The van der Waals surface area contributed by atoms with Gasteiger partial charge < -0.3 is 38.1 Å². The molecule has 0 unspecified atom stereocenters. The van der Waals surface area contributed by atoms with Gasteiger partial charge >= 0.3 is 19.3 Å². The molecule has 1 saturated heterocycles. The van der Waals surface area contributed by atoms with E-state index < -0.39 is 29.5 Å². The number of ether oxygens (including phenoxy) is 4. The Morgan fingerprint density at radius 2 is 1.13 bits per heavy atom. The van der Waals surface area contributed by atoms with Crippen LogP contribution in [0.1, 0.15) is 102 Å². The largest absolute Gasteiger partial charge is 0.494 e. The van der Waals surface area contributed by atoms with Crippen molar-refractivity contribution in [2.45, 2.75) is 132 Å². The average molecular weight is 1030 g/mol. The highest BCUT2D eigenvalue weighted by molar-refractivity contribution is 9.10. The lowest BCUT2D eigenvalue weighted by molar-refractivity contribution is 0.00578. The molecule has 6 aromatic rings. The zero-order chi connectivity index (χ0) is 49.5. The smallest absolute Gasteiger partial charge is 0.491 e. The maximum Gasteiger partial charge on any atom is 0.494 e. The summed E-state index contributed by atoms with van der Waals surface area (Å²) in [6.45, 7) is 30.1. The van der Waals surface area contributed by atoms with Gasteiger partial charge in [0, 0.05) is 33.6 Å². The Kier molecular flexibility index (Phi) is 14.9. The molecule has 7 heterocycles. The minimum absolute atomic E-state index is 0.321. The van der Waals surface area contributed by atoms with Crippen molar-refractivity contribution < 1.29 is 37.8 Å². The highest BCUT2D eigenvalue weighted by Crippen LogP contribution is 2.38. The summed E-state index contributed by atoms with van der Waals surface area (Å²) in [6.07, 6.45) is 3.02. The summed E-state index contributed by atoms with van der Waals surface area (Å²) < 4.78 is 36.4. The summed E-state index contributed by atoms with van der Waals surface area (Å²) in [5.74, 6) is 1.67. The standard InChI is InChI=1S/C22H25N3O3S.C21H32BNO5.C7H5BrN2S/c1-13-8-15(16-10-18-20(23-11-16)29-14(2)24-18)9-17-12-25(6-7-27-19(13)17)21(26)28-22(3,4)5;1-14-11-16(22-27-20(5,6)21(7,8)28-22)12-15-13-23(9-10-25-17(14)15)18(24)26-19(2,3)4;1-4-10-6-2-5(8)3-9-7(6)11-4/h8-11H,6-7,12H2,1-5H3;11-12H,9-10,13H2,1-8H3;2-3H,1H3. The first-order valence-corrected chi connectivity index (χ1v) is 25.1. The van der Waals surface area contributed by atoms with Gasteiger partial charge in [0.05, 0.1) is 47.4 Å². The third-order valence-corrected chi connectivity index (χ3v) is 13.7. The van der Waals surface area contributed by atoms with Crippen LogP contribution in [-0.4, -0.2) is 97.7 Å². The number of amides is 2. The number of carbonyl (C=O) groups is 2. The number of hydrogen-bond donors (Lipinski definition) is 0. The topological polar surface area (TPSA) is 148 Å². The van der Waals surface area contributed by atoms with E-state index in [0.717, 1.165) is 85.5 Å². The zero-order valence-corrected chi connectivity index (χ0v) is 44.8. The Hall–Kier alpha value is -4.88. The molecule has 2 aromatic carbocycles. The van der Waals surface area contributed by atoms with Crippen molar-refractivity contribution in [2.75, 3.05) is 26.3 Å². The molecule has 0 spiro atoms. The van der Waals surface area contributed by atoms with Gasteiger partial charge in [-0.15, -0.1) is 0 Å². The molecular formula is C50H62BBrN6O8S2. The quantitative estimate of drug-likeness (QED) is 0.152. The van der Waals surface area contributed by atoms with Gasteiger partial charge in [-0.1, -0.05) is 34.8 Å². The van der Waals surface area contributed by atoms with E-state index in [1.165, 1.54) is 0 Å². The van der Waals surface area contributed by atoms with E-state index in [0.29, 0.717) is 39.4 Å². The Labute approximate surface area is 416 Å². The molecule has 0 atom stereocenters. The highest BCUT2D eigenvalue weighted by atomic mass is 79.9. The first-order chi connectivity index (χ1) is 31.7. The van der Waals surface area contributed by atoms with Crippen molar-refractivity contribution in [3.8, 4) is 22.6 Å². The second-order valence-electron chi connectivity index (χ2n) is 20.2. The van der Waals surface area contributed by atoms with E-state index >= 15 is 0 Å². The molecule has 68 heavy (non-hydrogen) atoms. The lowest BCUT2D eigenvalue weighted by Crippen LogP contribution is -2.41. The van der Waals surface area contributed by atoms with Gasteiger partial charge in [-0.2, -0.15) is 0 Å². The number of halogens is 1. The molecule has 9 rings (SSSR count). The van der Waals surface area contributed by atoms with Crippen LogP contribution in [0.15, 0.2) is 53.3 Å². The minimum Gasteiger partial charge on any atom is -0.491 e. The van der Waals surface area contributed by atoms with Gasteiger partial charge in [0.2, 0.25) is 0 Å². The number of thiazole rings is 2. The molecular weight excluding hydrogens is 967 g/mol. The van der Waals surface area contributed by atoms with Crippen LogP contribution in [0.2, 0.25) is 0 Å². The van der Waals surface area contributed by atoms with Crippen LogP contribution in [0.25, 0.3) is 31.8 Å². The number of pyridine rings is 2. The normalized spacial score (nSPS) is 16.5. The van der Waals surface area contributed by atoms with E-state index in [9.17, 15) is 9.59 Å². The summed E-state index contributed by atoms with van der Waals surface area (Å²) in [4.78, 5) is 48.1. The summed E-state index contributed by atoms with van der Waals surface area (Å²) in [5, 5.41) is 2.06. The fraction of sp³-hybridized carbons (Fsp3) is 0.480. The molecule has 14 nitrogen and oxygen atoms in total. The summed E-state index contributed by atoms with van der Waals surface area (Å²) in [5.41, 5.74) is 6.94. The second kappa shape index (κ2) is 19.9. The molecule has 0 N–H and O–H groups in total. The molecule has 0 aliphatic carbocycles. The first-order valence-electron chi connectivity index (χ1n) is 22.7. The Bertz CT molecular complexity index is 2820. The maximum absolute atomic E-state index is 12.6. The van der Waals surface area contributed by atoms with E-state index in [-0.39, 0.29) is 12.2 Å². The summed E-state index contributed by atoms with van der Waals surface area (Å²) >= 11 is 6.55. The van der Waals surface area contributed by atoms with Crippen molar-refractivity contribution in [2.24, 2.45) is 0 Å². The van der Waals surface area contributed by atoms with Gasteiger partial charge in [-0.25, -0.2) is 29.5 Å². The van der Waals surface area contributed by atoms with Gasteiger partial charge in [0.1, 0.15) is 56.6 Å². The number of aryl methyl sites for hydroxylation is 4. The van der Waals surface area contributed by atoms with Crippen molar-refractivity contribution >= 4 is 84.1 Å². The van der Waals surface area contributed by atoms with Gasteiger partial charge in [0.25, 0.3) is 0 Å². The van der Waals surface area contributed by atoms with Crippen molar-refractivity contribution in [3.05, 3.63) is 85.5 Å². The van der Waals surface area contributed by atoms with Crippen LogP contribution >= 0.6 is 38.6 Å². The van der Waals surface area contributed by atoms with Gasteiger partial charge in [-0.3, -0.25) is 0 Å². The molecule has 0 saturated carbocycles. The third kappa shape index (κ3) is 12.3. The molecule has 18 heteroatoms. The van der Waals surface area contributed by atoms with E-state index in [1.807, 2.05) is 121 Å². The van der Waals surface area contributed by atoms with Gasteiger partial charge in [0.15, 0.2) is 0 Å². The van der Waals surface area contributed by atoms with Crippen LogP contribution in [0.5, 0.6) is 11.5 Å². The van der Waals surface area contributed by atoms with E-state index in [1.54, 1.807) is 38.7 Å². The molecule has 362 valence electrons. The van der Waals surface area contributed by atoms with Gasteiger partial charge in [-0.05, 0) is 159 Å². The number of hydrogen-bond acceptors (Lipinski definition) is 14. The SMILES string of the molecule is Cc1cc(B2OC(C)(C)C(C)(C)O2)cc2c1OCCN(C(=O)OC(C)(C)C)C2.Cc1nc2cc(-c3cc(C)c4c(c3)CN(C(=O)OC(C)(C)C)CCO4)cnc2s1.Cc1nc2cc(Br)cnc2s1. The van der Waals surface area contributed by atoms with Crippen LogP contribution in [0, 0.1) is 27.7 Å². The van der Waals surface area contributed by atoms with Crippen LogP contribution in [-0.2, 0) is 31.9 Å². The summed E-state index contributed by atoms with van der Waals surface area (Å²) in [7, 11) is -0.452. The lowest BCUT2D eigenvalue weighted by Gasteiger charge is -2.32. The van der Waals surface area contributed by atoms with Crippen LogP contribution in [0.3, 0.4) is 0 Å². The fourth-order valence-corrected chi connectivity index (χ4v) is 9.50. The highest BCUT2D eigenvalue weighted by Gasteiger charge is 2.52. The van der Waals surface area contributed by atoms with Crippen molar-refractivity contribution in [1.29, 1.82) is 0 Å². The Balaban J connectivity index is 0.000000165. The Morgan fingerprint density at radius 1 is 0.662 bits per heavy atom. The van der Waals surface area contributed by atoms with Crippen LogP contribution < -0.4 is 14.9 Å². The maximum atomic E-state index is 12.6. The molecule has 1 fully saturated rings. The molecule has 0 radical (unpaired) electrons. The predicted octanol–water partition coefficient (Wildman–Crippen LogP) is 11.3. The molecule has 2 amide bonds. The number of carbonyl (C=O) groups excluding carboxylic acids is 2. The second-order valence-corrected chi connectivity index (χ2v) is 23.5. The molecule has 3 aliphatic rings.